The summed E-state index contributed by atoms with van der Waals surface area (Å²) in [4.78, 5) is 25.8. The molecule has 2 unspecified atom stereocenters. The molecule has 2 atom stereocenters. The molecule has 21 heavy (non-hydrogen) atoms. The Morgan fingerprint density at radius 2 is 2.00 bits per heavy atom. The Bertz CT molecular complexity index is 554. The third-order valence-electron chi connectivity index (χ3n) is 3.96. The molecule has 5 heteroatoms. The van der Waals surface area contributed by atoms with Gasteiger partial charge < -0.3 is 15.3 Å². The number of rotatable bonds is 3. The van der Waals surface area contributed by atoms with E-state index in [4.69, 9.17) is 0 Å². The van der Waals surface area contributed by atoms with Crippen molar-refractivity contribution < 1.29 is 14.7 Å². The Kier molecular flexibility index (Phi) is 4.63. The number of amides is 2. The van der Waals surface area contributed by atoms with Gasteiger partial charge in [-0.2, -0.15) is 0 Å². The molecule has 2 N–H and O–H groups in total. The molecule has 1 saturated carbocycles. The summed E-state index contributed by atoms with van der Waals surface area (Å²) in [6, 6.07) is 5.29. The molecule has 0 radical (unpaired) electrons. The Morgan fingerprint density at radius 3 is 2.57 bits per heavy atom. The molecule has 0 bridgehead atoms. The van der Waals surface area contributed by atoms with Gasteiger partial charge in [0.15, 0.2) is 0 Å². The van der Waals surface area contributed by atoms with Crippen LogP contribution in [0, 0.1) is 12.8 Å². The summed E-state index contributed by atoms with van der Waals surface area (Å²) in [5.41, 5.74) is 2.03. The zero-order valence-electron chi connectivity index (χ0n) is 12.7. The number of aliphatic hydroxyl groups excluding tert-OH is 1. The zero-order chi connectivity index (χ0) is 15.6. The fourth-order valence-corrected chi connectivity index (χ4v) is 2.65. The maximum atomic E-state index is 12.2. The minimum Gasteiger partial charge on any atom is -0.392 e. The van der Waals surface area contributed by atoms with E-state index in [1.165, 1.54) is 4.90 Å². The lowest BCUT2D eigenvalue weighted by atomic mass is 10.0. The Hall–Kier alpha value is -1.88. The molecule has 2 rings (SSSR count). The van der Waals surface area contributed by atoms with Gasteiger partial charge in [0.1, 0.15) is 0 Å². The molecule has 1 fully saturated rings. The molecular weight excluding hydrogens is 268 g/mol. The zero-order valence-corrected chi connectivity index (χ0v) is 12.7. The minimum absolute atomic E-state index is 0.0931. The second kappa shape index (κ2) is 6.26. The second-order valence-electron chi connectivity index (χ2n) is 5.82. The van der Waals surface area contributed by atoms with Gasteiger partial charge in [0, 0.05) is 25.3 Å². The molecule has 1 aromatic rings. The number of carbonyl (C=O) groups is 2. The van der Waals surface area contributed by atoms with E-state index < -0.39 is 6.10 Å². The predicted molar refractivity (Wildman–Crippen MR) is 81.2 cm³/mol. The van der Waals surface area contributed by atoms with Gasteiger partial charge >= 0.3 is 0 Å². The number of anilines is 1. The van der Waals surface area contributed by atoms with Crippen LogP contribution in [0.25, 0.3) is 0 Å². The summed E-state index contributed by atoms with van der Waals surface area (Å²) in [6.07, 6.45) is 1.70. The maximum absolute atomic E-state index is 12.2. The van der Waals surface area contributed by atoms with Gasteiger partial charge in [0.25, 0.3) is 5.91 Å². The van der Waals surface area contributed by atoms with Crippen LogP contribution in [0.15, 0.2) is 18.2 Å². The van der Waals surface area contributed by atoms with Crippen LogP contribution in [0.3, 0.4) is 0 Å². The first-order chi connectivity index (χ1) is 9.90. The van der Waals surface area contributed by atoms with Gasteiger partial charge in [-0.25, -0.2) is 0 Å². The van der Waals surface area contributed by atoms with Crippen molar-refractivity contribution in [2.45, 2.75) is 32.3 Å². The van der Waals surface area contributed by atoms with Crippen LogP contribution in [0.5, 0.6) is 0 Å². The van der Waals surface area contributed by atoms with Gasteiger partial charge in [-0.05, 0) is 43.9 Å². The number of hydrogen-bond donors (Lipinski definition) is 2. The lowest BCUT2D eigenvalue weighted by Crippen LogP contribution is -2.29. The van der Waals surface area contributed by atoms with E-state index >= 15 is 0 Å². The van der Waals surface area contributed by atoms with Crippen LogP contribution < -0.4 is 5.32 Å². The molecule has 1 aliphatic carbocycles. The highest BCUT2D eigenvalue weighted by Crippen LogP contribution is 2.27. The molecule has 0 saturated heterocycles. The maximum Gasteiger partial charge on any atom is 0.253 e. The summed E-state index contributed by atoms with van der Waals surface area (Å²) in [5.74, 6) is -0.615. The fourth-order valence-electron chi connectivity index (χ4n) is 2.65. The SMILES string of the molecule is Cc1ccc(NC(=O)C2CCCC2O)cc1C(=O)N(C)C. The van der Waals surface area contributed by atoms with Gasteiger partial charge in [-0.15, -0.1) is 0 Å². The van der Waals surface area contributed by atoms with Gasteiger partial charge in [-0.1, -0.05) is 6.07 Å². The average molecular weight is 290 g/mol. The normalized spacial score (nSPS) is 21.1. The quantitative estimate of drug-likeness (QED) is 0.891. The van der Waals surface area contributed by atoms with Gasteiger partial charge in [-0.3, -0.25) is 9.59 Å². The molecule has 5 nitrogen and oxygen atoms in total. The van der Waals surface area contributed by atoms with Gasteiger partial charge in [0.2, 0.25) is 5.91 Å². The van der Waals surface area contributed by atoms with Crippen molar-refractivity contribution in [3.8, 4) is 0 Å². The number of hydrogen-bond acceptors (Lipinski definition) is 3. The van der Waals surface area contributed by atoms with E-state index in [1.54, 1.807) is 26.2 Å². The number of carbonyl (C=O) groups excluding carboxylic acids is 2. The Balaban J connectivity index is 2.16. The summed E-state index contributed by atoms with van der Waals surface area (Å²) < 4.78 is 0. The van der Waals surface area contributed by atoms with Crippen molar-refractivity contribution >= 4 is 17.5 Å². The minimum atomic E-state index is -0.557. The largest absolute Gasteiger partial charge is 0.392 e. The van der Waals surface area contributed by atoms with Gasteiger partial charge in [0.05, 0.1) is 12.0 Å². The lowest BCUT2D eigenvalue weighted by Gasteiger charge is -2.16. The van der Waals surface area contributed by atoms with Crippen molar-refractivity contribution in [3.63, 3.8) is 0 Å². The number of aryl methyl sites for hydroxylation is 1. The Morgan fingerprint density at radius 1 is 1.29 bits per heavy atom. The van der Waals surface area contributed by atoms with E-state index in [9.17, 15) is 14.7 Å². The molecule has 0 heterocycles. The van der Waals surface area contributed by atoms with E-state index in [0.29, 0.717) is 24.1 Å². The van der Waals surface area contributed by atoms with Crippen molar-refractivity contribution in [2.75, 3.05) is 19.4 Å². The number of nitrogens with zero attached hydrogens (tertiary/aromatic N) is 1. The first-order valence-electron chi connectivity index (χ1n) is 7.21. The van der Waals surface area contributed by atoms with E-state index in [-0.39, 0.29) is 17.7 Å². The van der Waals surface area contributed by atoms with E-state index in [0.717, 1.165) is 12.0 Å². The number of nitrogens with one attached hydrogen (secondary N) is 1. The standard InChI is InChI=1S/C16H22N2O3/c1-10-7-8-11(9-13(10)16(21)18(2)3)17-15(20)12-5-4-6-14(12)19/h7-9,12,14,19H,4-6H2,1-3H3,(H,17,20). The molecule has 0 aliphatic heterocycles. The highest BCUT2D eigenvalue weighted by atomic mass is 16.3. The van der Waals surface area contributed by atoms with Crippen LogP contribution in [0.2, 0.25) is 0 Å². The molecule has 0 spiro atoms. The van der Waals surface area contributed by atoms with Crippen molar-refractivity contribution in [1.29, 1.82) is 0 Å². The third-order valence-corrected chi connectivity index (χ3v) is 3.96. The highest BCUT2D eigenvalue weighted by Gasteiger charge is 2.31. The molecular formula is C16H22N2O3. The highest BCUT2D eigenvalue weighted by molar-refractivity contribution is 5.98. The van der Waals surface area contributed by atoms with Crippen molar-refractivity contribution in [1.82, 2.24) is 4.90 Å². The van der Waals surface area contributed by atoms with E-state index in [2.05, 4.69) is 5.32 Å². The smallest absolute Gasteiger partial charge is 0.253 e. The van der Waals surface area contributed by atoms with Crippen molar-refractivity contribution in [3.05, 3.63) is 29.3 Å². The van der Waals surface area contributed by atoms with Crippen LogP contribution in [-0.2, 0) is 4.79 Å². The topological polar surface area (TPSA) is 69.6 Å². The van der Waals surface area contributed by atoms with Crippen LogP contribution in [-0.4, -0.2) is 42.0 Å². The van der Waals surface area contributed by atoms with E-state index in [1.807, 2.05) is 13.0 Å². The first-order valence-corrected chi connectivity index (χ1v) is 7.21. The van der Waals surface area contributed by atoms with Crippen LogP contribution in [0.4, 0.5) is 5.69 Å². The lowest BCUT2D eigenvalue weighted by molar-refractivity contribution is -0.122. The summed E-state index contributed by atoms with van der Waals surface area (Å²) in [7, 11) is 3.39. The molecule has 114 valence electrons. The fraction of sp³-hybridized carbons (Fsp3) is 0.500. The number of aliphatic hydroxyl groups is 1. The first kappa shape index (κ1) is 15.5. The average Bonchev–Trinajstić information content (AvgIpc) is 2.86. The van der Waals surface area contributed by atoms with Crippen LogP contribution >= 0.6 is 0 Å². The second-order valence-corrected chi connectivity index (χ2v) is 5.82. The molecule has 1 aliphatic rings. The predicted octanol–water partition coefficient (Wildman–Crippen LogP) is 1.80. The van der Waals surface area contributed by atoms with Crippen molar-refractivity contribution in [2.24, 2.45) is 5.92 Å². The molecule has 1 aromatic carbocycles. The molecule has 2 amide bonds. The monoisotopic (exact) mass is 290 g/mol. The third kappa shape index (κ3) is 3.42. The summed E-state index contributed by atoms with van der Waals surface area (Å²) in [6.45, 7) is 1.86. The molecule has 0 aromatic heterocycles. The van der Waals surface area contributed by atoms with Crippen LogP contribution in [0.1, 0.15) is 35.2 Å². The summed E-state index contributed by atoms with van der Waals surface area (Å²) >= 11 is 0. The Labute approximate surface area is 125 Å². The number of benzene rings is 1. The summed E-state index contributed by atoms with van der Waals surface area (Å²) in [5, 5.41) is 12.6.